The molecule has 0 saturated carbocycles. The van der Waals surface area contributed by atoms with E-state index in [1.165, 1.54) is 0 Å². The van der Waals surface area contributed by atoms with E-state index in [0.29, 0.717) is 12.4 Å². The van der Waals surface area contributed by atoms with Crippen molar-refractivity contribution < 1.29 is 9.90 Å². The highest BCUT2D eigenvalue weighted by atomic mass is 32.1. The van der Waals surface area contributed by atoms with E-state index in [-0.39, 0.29) is 10.4 Å². The molecule has 0 spiro atoms. The second-order valence-corrected chi connectivity index (χ2v) is 5.87. The minimum absolute atomic E-state index is 0.122. The van der Waals surface area contributed by atoms with Crippen molar-refractivity contribution in [1.82, 2.24) is 9.97 Å². The van der Waals surface area contributed by atoms with Gasteiger partial charge in [-0.15, -0.1) is 0 Å². The number of aromatic carboxylic acids is 1. The second kappa shape index (κ2) is 5.69. The van der Waals surface area contributed by atoms with Gasteiger partial charge in [0.1, 0.15) is 11.4 Å². The number of hydrogen-bond donors (Lipinski definition) is 3. The number of aromatic nitrogens is 2. The number of carboxylic acids is 1. The smallest absolute Gasteiger partial charge is 0.339 e. The van der Waals surface area contributed by atoms with E-state index in [1.807, 2.05) is 0 Å². The van der Waals surface area contributed by atoms with Crippen LogP contribution in [-0.4, -0.2) is 21.0 Å². The Balaban J connectivity index is 1.88. The van der Waals surface area contributed by atoms with Crippen molar-refractivity contribution >= 4 is 23.1 Å². The topological polar surface area (TPSA) is 95.1 Å². The average molecular weight is 305 g/mol. The Kier molecular flexibility index (Phi) is 3.74. The van der Waals surface area contributed by atoms with Crippen molar-refractivity contribution in [3.63, 3.8) is 0 Å². The predicted molar refractivity (Wildman–Crippen MR) is 80.1 cm³/mol. The molecule has 0 aliphatic heterocycles. The van der Waals surface area contributed by atoms with Gasteiger partial charge >= 0.3 is 10.8 Å². The van der Waals surface area contributed by atoms with Crippen LogP contribution in [0.5, 0.6) is 0 Å². The van der Waals surface area contributed by atoms with Gasteiger partial charge in [-0.05, 0) is 37.3 Å². The number of H-pyrrole nitrogens is 1. The van der Waals surface area contributed by atoms with Crippen LogP contribution in [0.4, 0.5) is 5.82 Å². The molecular weight excluding hydrogens is 290 g/mol. The number of carbonyl (C=O) groups is 1. The van der Waals surface area contributed by atoms with E-state index >= 15 is 0 Å². The fourth-order valence-electron chi connectivity index (χ4n) is 2.51. The lowest BCUT2D eigenvalue weighted by Gasteiger charge is -2.18. The van der Waals surface area contributed by atoms with E-state index in [1.54, 1.807) is 11.4 Å². The predicted octanol–water partition coefficient (Wildman–Crippen LogP) is 2.02. The lowest BCUT2D eigenvalue weighted by Crippen LogP contribution is -2.14. The quantitative estimate of drug-likeness (QED) is 0.803. The molecule has 6 nitrogen and oxygen atoms in total. The van der Waals surface area contributed by atoms with Gasteiger partial charge in [-0.2, -0.15) is 0 Å². The molecule has 0 bridgehead atoms. The average Bonchev–Trinajstić information content (AvgIpc) is 2.89. The van der Waals surface area contributed by atoms with Crippen LogP contribution in [-0.2, 0) is 19.4 Å². The maximum absolute atomic E-state index is 11.4. The molecule has 0 atom stereocenters. The van der Waals surface area contributed by atoms with E-state index in [4.69, 9.17) is 0 Å². The molecule has 0 unspecified atom stereocenters. The van der Waals surface area contributed by atoms with Crippen LogP contribution in [0.2, 0.25) is 0 Å². The number of nitrogens with zero attached hydrogens (tertiary/aromatic N) is 1. The number of aryl methyl sites for hydroxylation is 2. The van der Waals surface area contributed by atoms with Crippen LogP contribution in [0.1, 0.15) is 40.2 Å². The third kappa shape index (κ3) is 2.97. The number of nitrogens with one attached hydrogen (secondary N) is 2. The Bertz CT molecular complexity index is 735. The van der Waals surface area contributed by atoms with Crippen molar-refractivity contribution in [1.29, 1.82) is 0 Å². The molecule has 1 aliphatic rings. The Morgan fingerprint density at radius 1 is 1.43 bits per heavy atom. The largest absolute Gasteiger partial charge is 0.478 e. The highest BCUT2D eigenvalue weighted by Gasteiger charge is 2.18. The number of pyridine rings is 1. The standard InChI is InChI=1S/C14H15N3O3S/c18-13(19)10-5-8-3-1-2-4-11(8)17-12(10)15-6-9-7-21-14(20)16-9/h5,7H,1-4,6H2,(H,15,17)(H,16,20)(H,18,19). The first kappa shape index (κ1) is 13.8. The number of hydrogen-bond acceptors (Lipinski definition) is 5. The summed E-state index contributed by atoms with van der Waals surface area (Å²) in [5.74, 6) is -0.618. The molecular formula is C14H15N3O3S. The summed E-state index contributed by atoms with van der Waals surface area (Å²) in [7, 11) is 0. The van der Waals surface area contributed by atoms with Crippen LogP contribution in [0, 0.1) is 0 Å². The van der Waals surface area contributed by atoms with E-state index in [0.717, 1.165) is 54.0 Å². The molecule has 1 aliphatic carbocycles. The molecule has 7 heteroatoms. The lowest BCUT2D eigenvalue weighted by atomic mass is 9.95. The number of anilines is 1. The van der Waals surface area contributed by atoms with E-state index < -0.39 is 5.97 Å². The Labute approximate surface area is 124 Å². The molecule has 0 aromatic carbocycles. The molecule has 0 radical (unpaired) electrons. The van der Waals surface area contributed by atoms with E-state index in [2.05, 4.69) is 15.3 Å². The summed E-state index contributed by atoms with van der Waals surface area (Å²) in [5.41, 5.74) is 2.93. The minimum atomic E-state index is -0.989. The molecule has 2 aromatic heterocycles. The van der Waals surface area contributed by atoms with Gasteiger partial charge in [-0.1, -0.05) is 11.3 Å². The van der Waals surface area contributed by atoms with Crippen LogP contribution >= 0.6 is 11.3 Å². The van der Waals surface area contributed by atoms with Gasteiger partial charge in [0.2, 0.25) is 0 Å². The van der Waals surface area contributed by atoms with Crippen molar-refractivity contribution in [2.45, 2.75) is 32.2 Å². The summed E-state index contributed by atoms with van der Waals surface area (Å²) >= 11 is 1.09. The zero-order valence-corrected chi connectivity index (χ0v) is 12.1. The highest BCUT2D eigenvalue weighted by Crippen LogP contribution is 2.25. The first-order valence-electron chi connectivity index (χ1n) is 6.80. The van der Waals surface area contributed by atoms with Crippen LogP contribution in [0.15, 0.2) is 16.2 Å². The van der Waals surface area contributed by atoms with Gasteiger partial charge in [0.25, 0.3) is 0 Å². The van der Waals surface area contributed by atoms with Crippen molar-refractivity contribution in [2.75, 3.05) is 5.32 Å². The molecule has 2 heterocycles. The van der Waals surface area contributed by atoms with Gasteiger partial charge in [0, 0.05) is 16.8 Å². The first-order chi connectivity index (χ1) is 10.1. The number of carboxylic acid groups (broad SMARTS) is 1. The van der Waals surface area contributed by atoms with Gasteiger partial charge < -0.3 is 15.4 Å². The number of fused-ring (bicyclic) bond motifs is 1. The molecule has 3 rings (SSSR count). The summed E-state index contributed by atoms with van der Waals surface area (Å²) in [4.78, 5) is 29.5. The van der Waals surface area contributed by atoms with Crippen LogP contribution < -0.4 is 10.2 Å². The van der Waals surface area contributed by atoms with E-state index in [9.17, 15) is 14.7 Å². The third-order valence-electron chi connectivity index (χ3n) is 3.55. The fraction of sp³-hybridized carbons (Fsp3) is 0.357. The Hall–Kier alpha value is -2.15. The van der Waals surface area contributed by atoms with Crippen LogP contribution in [0.25, 0.3) is 0 Å². The fourth-order valence-corrected chi connectivity index (χ4v) is 3.09. The van der Waals surface area contributed by atoms with Gasteiger partial charge in [0.05, 0.1) is 6.54 Å². The zero-order chi connectivity index (χ0) is 14.8. The number of aromatic amines is 1. The van der Waals surface area contributed by atoms with Crippen molar-refractivity contribution in [2.24, 2.45) is 0 Å². The Morgan fingerprint density at radius 3 is 2.95 bits per heavy atom. The summed E-state index contributed by atoms with van der Waals surface area (Å²) in [6.45, 7) is 0.352. The number of rotatable bonds is 4. The molecule has 21 heavy (non-hydrogen) atoms. The van der Waals surface area contributed by atoms with Gasteiger partial charge in [-0.3, -0.25) is 4.79 Å². The monoisotopic (exact) mass is 305 g/mol. The summed E-state index contributed by atoms with van der Waals surface area (Å²) in [6, 6.07) is 1.72. The SMILES string of the molecule is O=C(O)c1cc2c(nc1NCc1csc(=O)[nH]1)CCCC2. The molecule has 110 valence electrons. The minimum Gasteiger partial charge on any atom is -0.478 e. The summed E-state index contributed by atoms with van der Waals surface area (Å²) in [6.07, 6.45) is 3.94. The number of thiazole rings is 1. The molecule has 0 fully saturated rings. The Morgan fingerprint density at radius 2 is 2.24 bits per heavy atom. The summed E-state index contributed by atoms with van der Waals surface area (Å²) in [5, 5.41) is 14.1. The molecule has 0 saturated heterocycles. The zero-order valence-electron chi connectivity index (χ0n) is 11.3. The summed E-state index contributed by atoms with van der Waals surface area (Å²) < 4.78 is 0. The molecule has 0 amide bonds. The normalized spacial score (nSPS) is 13.7. The van der Waals surface area contributed by atoms with Gasteiger partial charge in [-0.25, -0.2) is 9.78 Å². The van der Waals surface area contributed by atoms with Crippen LogP contribution in [0.3, 0.4) is 0 Å². The van der Waals surface area contributed by atoms with Gasteiger partial charge in [0.15, 0.2) is 0 Å². The lowest BCUT2D eigenvalue weighted by molar-refractivity contribution is 0.0697. The third-order valence-corrected chi connectivity index (χ3v) is 4.27. The molecule has 2 aromatic rings. The second-order valence-electron chi connectivity index (χ2n) is 5.03. The van der Waals surface area contributed by atoms with Crippen molar-refractivity contribution in [3.8, 4) is 0 Å². The highest BCUT2D eigenvalue weighted by molar-refractivity contribution is 7.07. The first-order valence-corrected chi connectivity index (χ1v) is 7.68. The van der Waals surface area contributed by atoms with Crippen molar-refractivity contribution in [3.05, 3.63) is 43.6 Å². The molecule has 3 N–H and O–H groups in total. The maximum atomic E-state index is 11.4. The maximum Gasteiger partial charge on any atom is 0.339 e.